The van der Waals surface area contributed by atoms with Crippen LogP contribution in [0.5, 0.6) is 5.88 Å². The number of nitrogens with zero attached hydrogens (tertiary/aromatic N) is 1. The summed E-state index contributed by atoms with van der Waals surface area (Å²) in [5.41, 5.74) is -0.846. The lowest BCUT2D eigenvalue weighted by Gasteiger charge is -2.11. The summed E-state index contributed by atoms with van der Waals surface area (Å²) in [4.78, 5) is 24.2. The highest BCUT2D eigenvalue weighted by atomic mass is 16.5. The van der Waals surface area contributed by atoms with E-state index in [1.54, 1.807) is 18.2 Å². The maximum absolute atomic E-state index is 12.3. The third kappa shape index (κ3) is 3.05. The fourth-order valence-corrected chi connectivity index (χ4v) is 2.39. The van der Waals surface area contributed by atoms with Crippen LogP contribution in [0.4, 0.5) is 0 Å². The first-order chi connectivity index (χ1) is 10.6. The Morgan fingerprint density at radius 2 is 1.86 bits per heavy atom. The highest BCUT2D eigenvalue weighted by Crippen LogP contribution is 2.23. The zero-order valence-electron chi connectivity index (χ0n) is 12.5. The van der Waals surface area contributed by atoms with Gasteiger partial charge in [-0.2, -0.15) is 0 Å². The summed E-state index contributed by atoms with van der Waals surface area (Å²) in [6, 6.07) is 6.37. The van der Waals surface area contributed by atoms with E-state index in [9.17, 15) is 19.9 Å². The second-order valence-corrected chi connectivity index (χ2v) is 5.18. The van der Waals surface area contributed by atoms with Crippen molar-refractivity contribution in [1.29, 1.82) is 0 Å². The summed E-state index contributed by atoms with van der Waals surface area (Å²) >= 11 is 0. The van der Waals surface area contributed by atoms with Crippen molar-refractivity contribution < 1.29 is 15.1 Å². The van der Waals surface area contributed by atoms with Gasteiger partial charge < -0.3 is 15.6 Å². The van der Waals surface area contributed by atoms with Crippen molar-refractivity contribution in [1.82, 2.24) is 10.0 Å². The molecule has 118 valence electrons. The Bertz CT molecular complexity index is 737. The molecule has 0 aliphatic rings. The van der Waals surface area contributed by atoms with E-state index in [0.29, 0.717) is 11.9 Å². The number of rotatable bonds is 6. The summed E-state index contributed by atoms with van der Waals surface area (Å²) in [5.74, 6) is -1.25. The first-order valence-electron chi connectivity index (χ1n) is 7.42. The van der Waals surface area contributed by atoms with Crippen LogP contribution in [0, 0.1) is 0 Å². The zero-order chi connectivity index (χ0) is 16.1. The van der Waals surface area contributed by atoms with Crippen LogP contribution in [0.3, 0.4) is 0 Å². The lowest BCUT2D eigenvalue weighted by atomic mass is 10.1. The molecule has 1 heterocycles. The molecule has 0 unspecified atom stereocenters. The van der Waals surface area contributed by atoms with Crippen LogP contribution in [0.15, 0.2) is 29.1 Å². The first-order valence-corrected chi connectivity index (χ1v) is 7.42. The van der Waals surface area contributed by atoms with Crippen molar-refractivity contribution >= 4 is 16.7 Å². The number of hydrogen-bond acceptors (Lipinski definition) is 4. The molecular weight excluding hydrogens is 284 g/mol. The van der Waals surface area contributed by atoms with Gasteiger partial charge in [-0.15, -0.1) is 4.73 Å². The topological polar surface area (TPSA) is 91.6 Å². The van der Waals surface area contributed by atoms with Crippen molar-refractivity contribution in [3.05, 3.63) is 40.2 Å². The van der Waals surface area contributed by atoms with Crippen LogP contribution in [-0.2, 0) is 0 Å². The Hall–Kier alpha value is -2.50. The van der Waals surface area contributed by atoms with Crippen LogP contribution >= 0.6 is 0 Å². The molecule has 2 aromatic rings. The number of amides is 1. The van der Waals surface area contributed by atoms with Gasteiger partial charge in [-0.1, -0.05) is 44.4 Å². The molecule has 1 aromatic carbocycles. The van der Waals surface area contributed by atoms with Crippen molar-refractivity contribution in [3.8, 4) is 5.88 Å². The summed E-state index contributed by atoms with van der Waals surface area (Å²) in [6.07, 6.45) is 4.07. The number of carbonyl (C=O) groups excluding carboxylic acids is 1. The van der Waals surface area contributed by atoms with E-state index in [-0.39, 0.29) is 15.7 Å². The zero-order valence-corrected chi connectivity index (χ0v) is 12.5. The normalized spacial score (nSPS) is 10.8. The summed E-state index contributed by atoms with van der Waals surface area (Å²) in [5, 5.41) is 22.8. The Labute approximate surface area is 128 Å². The molecule has 0 bridgehead atoms. The average Bonchev–Trinajstić information content (AvgIpc) is 2.53. The summed E-state index contributed by atoms with van der Waals surface area (Å²) in [6.45, 7) is 2.59. The molecule has 6 nitrogen and oxygen atoms in total. The number of aromatic hydroxyl groups is 1. The number of benzene rings is 1. The van der Waals surface area contributed by atoms with E-state index < -0.39 is 17.3 Å². The van der Waals surface area contributed by atoms with E-state index in [1.165, 1.54) is 6.07 Å². The fourth-order valence-electron chi connectivity index (χ4n) is 2.39. The molecule has 2 rings (SSSR count). The second kappa shape index (κ2) is 6.98. The third-order valence-electron chi connectivity index (χ3n) is 3.59. The van der Waals surface area contributed by atoms with E-state index in [4.69, 9.17) is 0 Å². The number of unbranched alkanes of at least 4 members (excludes halogenated alkanes) is 3. The maximum atomic E-state index is 12.3. The molecule has 1 aromatic heterocycles. The number of carbonyl (C=O) groups is 1. The van der Waals surface area contributed by atoms with Gasteiger partial charge in [0.25, 0.3) is 11.5 Å². The molecule has 6 heteroatoms. The van der Waals surface area contributed by atoms with Gasteiger partial charge in [-0.3, -0.25) is 9.59 Å². The van der Waals surface area contributed by atoms with E-state index in [0.717, 1.165) is 25.7 Å². The molecule has 1 amide bonds. The molecule has 0 aliphatic carbocycles. The molecular formula is C16H20N2O4. The molecule has 0 saturated heterocycles. The van der Waals surface area contributed by atoms with Gasteiger partial charge in [-0.25, -0.2) is 0 Å². The van der Waals surface area contributed by atoms with Crippen molar-refractivity contribution in [2.24, 2.45) is 0 Å². The van der Waals surface area contributed by atoms with Crippen LogP contribution in [0.1, 0.15) is 43.0 Å². The number of aromatic nitrogens is 1. The Kier molecular flexibility index (Phi) is 5.04. The van der Waals surface area contributed by atoms with E-state index in [2.05, 4.69) is 12.2 Å². The van der Waals surface area contributed by atoms with Crippen molar-refractivity contribution in [2.45, 2.75) is 32.6 Å². The first kappa shape index (κ1) is 15.9. The lowest BCUT2D eigenvalue weighted by Crippen LogP contribution is -2.28. The lowest BCUT2D eigenvalue weighted by molar-refractivity contribution is 0.0937. The average molecular weight is 304 g/mol. The molecule has 0 saturated carbocycles. The molecule has 0 atom stereocenters. The van der Waals surface area contributed by atoms with Gasteiger partial charge in [0.15, 0.2) is 0 Å². The quantitative estimate of drug-likeness (QED) is 0.564. The van der Waals surface area contributed by atoms with Crippen molar-refractivity contribution in [2.75, 3.05) is 6.54 Å². The minimum Gasteiger partial charge on any atom is -0.492 e. The van der Waals surface area contributed by atoms with E-state index in [1.807, 2.05) is 0 Å². The molecule has 0 spiro atoms. The second-order valence-electron chi connectivity index (χ2n) is 5.18. The summed E-state index contributed by atoms with van der Waals surface area (Å²) in [7, 11) is 0. The Balaban J connectivity index is 2.30. The monoisotopic (exact) mass is 304 g/mol. The number of fused-ring (bicyclic) bond motifs is 1. The molecule has 3 N–H and O–H groups in total. The fraction of sp³-hybridized carbons (Fsp3) is 0.375. The minimum absolute atomic E-state index is 0.0896. The van der Waals surface area contributed by atoms with Crippen LogP contribution in [0.25, 0.3) is 10.8 Å². The molecule has 22 heavy (non-hydrogen) atoms. The third-order valence-corrected chi connectivity index (χ3v) is 3.59. The van der Waals surface area contributed by atoms with E-state index >= 15 is 0 Å². The predicted octanol–water partition coefficient (Wildman–Crippen LogP) is 2.25. The van der Waals surface area contributed by atoms with Gasteiger partial charge in [0.1, 0.15) is 5.56 Å². The number of hydrogen-bond donors (Lipinski definition) is 3. The van der Waals surface area contributed by atoms with Gasteiger partial charge in [0.05, 0.1) is 5.39 Å². The number of pyridine rings is 1. The van der Waals surface area contributed by atoms with Crippen LogP contribution in [-0.4, -0.2) is 27.5 Å². The van der Waals surface area contributed by atoms with Crippen molar-refractivity contribution in [3.63, 3.8) is 0 Å². The highest BCUT2D eigenvalue weighted by molar-refractivity contribution is 6.08. The molecule has 0 radical (unpaired) electrons. The largest absolute Gasteiger partial charge is 0.492 e. The molecule has 0 aliphatic heterocycles. The Morgan fingerprint density at radius 1 is 1.18 bits per heavy atom. The van der Waals surface area contributed by atoms with Gasteiger partial charge in [0.2, 0.25) is 5.88 Å². The smallest absolute Gasteiger partial charge is 0.294 e. The van der Waals surface area contributed by atoms with Gasteiger partial charge in [0, 0.05) is 11.9 Å². The summed E-state index contributed by atoms with van der Waals surface area (Å²) < 4.78 is 0.105. The van der Waals surface area contributed by atoms with Crippen LogP contribution in [0.2, 0.25) is 0 Å². The standard InChI is InChI=1S/C16H20N2O4/c1-2-3-4-7-10-17-14(19)13-11-8-5-6-9-12(11)15(20)18(22)16(13)21/h5-6,8-9,21-22H,2-4,7,10H2,1H3,(H,17,19). The number of nitrogens with one attached hydrogen (secondary N) is 1. The highest BCUT2D eigenvalue weighted by Gasteiger charge is 2.21. The SMILES string of the molecule is CCCCCCNC(=O)c1c(O)n(O)c(=O)c2ccccc12. The van der Waals surface area contributed by atoms with Gasteiger partial charge >= 0.3 is 0 Å². The van der Waals surface area contributed by atoms with Gasteiger partial charge in [-0.05, 0) is 12.5 Å². The maximum Gasteiger partial charge on any atom is 0.294 e. The molecule has 0 fully saturated rings. The minimum atomic E-state index is -0.757. The van der Waals surface area contributed by atoms with Crippen LogP contribution < -0.4 is 10.9 Å². The Morgan fingerprint density at radius 3 is 2.55 bits per heavy atom. The predicted molar refractivity (Wildman–Crippen MR) is 83.5 cm³/mol.